The Morgan fingerprint density at radius 1 is 1.38 bits per heavy atom. The van der Waals surface area contributed by atoms with Crippen molar-refractivity contribution in [2.75, 3.05) is 7.11 Å². The quantitative estimate of drug-likeness (QED) is 0.411. The van der Waals surface area contributed by atoms with Gasteiger partial charge in [-0.15, -0.1) is 0 Å². The molecule has 0 fully saturated rings. The lowest BCUT2D eigenvalue weighted by Crippen LogP contribution is -2.45. The summed E-state index contributed by atoms with van der Waals surface area (Å²) >= 11 is 0. The molecule has 0 spiro atoms. The van der Waals surface area contributed by atoms with E-state index in [1.165, 1.54) is 14.0 Å². The second-order valence-electron chi connectivity index (χ2n) is 5.87. The number of carbonyl (C=O) groups is 2. The van der Waals surface area contributed by atoms with Crippen LogP contribution in [0.15, 0.2) is 23.4 Å². The van der Waals surface area contributed by atoms with Crippen LogP contribution < -0.4 is 15.4 Å². The predicted octanol–water partition coefficient (Wildman–Crippen LogP) is 1.89. The van der Waals surface area contributed by atoms with Crippen LogP contribution in [0.4, 0.5) is 10.5 Å². The van der Waals surface area contributed by atoms with Gasteiger partial charge in [0.1, 0.15) is 0 Å². The van der Waals surface area contributed by atoms with Crippen molar-refractivity contribution in [3.63, 3.8) is 0 Å². The number of methoxy groups -OCH3 is 1. The van der Waals surface area contributed by atoms with E-state index in [2.05, 4.69) is 10.6 Å². The summed E-state index contributed by atoms with van der Waals surface area (Å²) in [6, 6.07) is 0.344. The van der Waals surface area contributed by atoms with Gasteiger partial charge in [-0.3, -0.25) is 10.1 Å². The smallest absolute Gasteiger partial charge is 0.338 e. The number of urea groups is 1. The summed E-state index contributed by atoms with van der Waals surface area (Å²) in [5.41, 5.74) is -0.178. The number of rotatable bonds is 5. The number of amides is 2. The van der Waals surface area contributed by atoms with Crippen LogP contribution in [0.3, 0.4) is 0 Å². The first kappa shape index (κ1) is 19.0. The highest BCUT2D eigenvalue weighted by Gasteiger charge is 2.36. The molecule has 0 radical (unpaired) electrons. The Morgan fingerprint density at radius 2 is 2.04 bits per heavy atom. The molecule has 0 aromatic heterocycles. The van der Waals surface area contributed by atoms with E-state index < -0.39 is 34.8 Å². The number of carbonyl (C=O) groups excluding carboxylic acids is 2. The first-order valence-corrected chi connectivity index (χ1v) is 7.70. The van der Waals surface area contributed by atoms with Gasteiger partial charge in [0.05, 0.1) is 35.8 Å². The zero-order valence-electron chi connectivity index (χ0n) is 14.7. The molecule has 0 aliphatic carbocycles. The van der Waals surface area contributed by atoms with Crippen LogP contribution >= 0.6 is 0 Å². The lowest BCUT2D eigenvalue weighted by Gasteiger charge is -2.29. The van der Waals surface area contributed by atoms with Crippen molar-refractivity contribution >= 4 is 17.7 Å². The topological polar surface area (TPSA) is 140 Å². The summed E-state index contributed by atoms with van der Waals surface area (Å²) in [4.78, 5) is 34.9. The predicted molar refractivity (Wildman–Crippen MR) is 89.6 cm³/mol. The molecule has 1 aromatic rings. The molecule has 0 saturated heterocycles. The van der Waals surface area contributed by atoms with Gasteiger partial charge in [0, 0.05) is 17.3 Å². The molecular weight excluding hydrogens is 346 g/mol. The molecule has 0 saturated carbocycles. The van der Waals surface area contributed by atoms with Gasteiger partial charge in [-0.25, -0.2) is 9.59 Å². The summed E-state index contributed by atoms with van der Waals surface area (Å²) in [6.45, 7) is 4.81. The molecule has 3 N–H and O–H groups in total. The van der Waals surface area contributed by atoms with Crippen molar-refractivity contribution < 1.29 is 29.1 Å². The minimum atomic E-state index is -1.15. The molecule has 1 aliphatic heterocycles. The molecule has 10 heteroatoms. The fraction of sp³-hybridized carbons (Fsp3) is 0.375. The van der Waals surface area contributed by atoms with E-state index in [1.54, 1.807) is 13.8 Å². The minimum absolute atomic E-state index is 0.0242. The number of esters is 1. The van der Waals surface area contributed by atoms with Crippen molar-refractivity contribution in [1.82, 2.24) is 10.6 Å². The largest absolute Gasteiger partial charge is 0.504 e. The van der Waals surface area contributed by atoms with Crippen LogP contribution in [0.25, 0.3) is 0 Å². The van der Waals surface area contributed by atoms with Crippen LogP contribution in [-0.2, 0) is 9.53 Å². The molecule has 1 unspecified atom stereocenters. The maximum Gasteiger partial charge on any atom is 0.338 e. The molecule has 2 amide bonds. The van der Waals surface area contributed by atoms with Crippen LogP contribution in [0, 0.1) is 10.1 Å². The van der Waals surface area contributed by atoms with Gasteiger partial charge < -0.3 is 25.2 Å². The Hall–Kier alpha value is -3.30. The number of phenols is 1. The van der Waals surface area contributed by atoms with Gasteiger partial charge >= 0.3 is 12.0 Å². The van der Waals surface area contributed by atoms with E-state index >= 15 is 0 Å². The zero-order valence-corrected chi connectivity index (χ0v) is 14.7. The lowest BCUT2D eigenvalue weighted by atomic mass is 9.94. The number of nitrogens with one attached hydrogen (secondary N) is 2. The number of non-ortho nitro benzene ring substituents is 1. The number of hydrogen-bond donors (Lipinski definition) is 3. The summed E-state index contributed by atoms with van der Waals surface area (Å²) in [7, 11) is 1.23. The highest BCUT2D eigenvalue weighted by atomic mass is 16.6. The van der Waals surface area contributed by atoms with E-state index in [4.69, 9.17) is 9.47 Å². The van der Waals surface area contributed by atoms with Crippen LogP contribution in [0.2, 0.25) is 0 Å². The molecule has 140 valence electrons. The van der Waals surface area contributed by atoms with Gasteiger partial charge in [0.25, 0.3) is 5.69 Å². The average molecular weight is 365 g/mol. The van der Waals surface area contributed by atoms with Crippen LogP contribution in [0.1, 0.15) is 32.4 Å². The van der Waals surface area contributed by atoms with Crippen molar-refractivity contribution in [3.05, 3.63) is 39.1 Å². The number of phenolic OH excluding ortho intramolecular Hbond substituents is 1. The number of allylic oxidation sites excluding steroid dienone is 1. The highest BCUT2D eigenvalue weighted by molar-refractivity contribution is 5.95. The summed E-state index contributed by atoms with van der Waals surface area (Å²) in [5, 5.41) is 26.5. The Kier molecular flexibility index (Phi) is 5.34. The summed E-state index contributed by atoms with van der Waals surface area (Å²) in [6.07, 6.45) is -0.422. The molecular formula is C16H19N3O7. The van der Waals surface area contributed by atoms with E-state index in [9.17, 15) is 24.8 Å². The second-order valence-corrected chi connectivity index (χ2v) is 5.87. The molecule has 1 aromatic carbocycles. The molecule has 26 heavy (non-hydrogen) atoms. The fourth-order valence-corrected chi connectivity index (χ4v) is 2.57. The maximum atomic E-state index is 12.5. The Balaban J connectivity index is 2.64. The second kappa shape index (κ2) is 7.30. The lowest BCUT2D eigenvalue weighted by molar-refractivity contribution is -0.385. The number of benzene rings is 1. The molecule has 1 atom stereocenters. The number of nitrogens with zero attached hydrogens (tertiary/aromatic N) is 1. The standard InChI is InChI=1S/C16H19N3O7/c1-7(2)26-15(21)12-8(3)17-16(22)18-13(12)10-5-9(19(23)24)6-11(25-4)14(10)20/h5-7,13,20H,1-4H3,(H2,17,18,22). The van der Waals surface area contributed by atoms with Gasteiger partial charge in [-0.1, -0.05) is 0 Å². The highest BCUT2D eigenvalue weighted by Crippen LogP contribution is 2.41. The fourth-order valence-electron chi connectivity index (χ4n) is 2.57. The van der Waals surface area contributed by atoms with Crippen LogP contribution in [0.5, 0.6) is 11.5 Å². The third-order valence-electron chi connectivity index (χ3n) is 3.66. The number of aromatic hydroxyl groups is 1. The zero-order chi connectivity index (χ0) is 19.6. The molecule has 1 heterocycles. The molecule has 1 aliphatic rings. The maximum absolute atomic E-state index is 12.5. The number of nitro benzene ring substituents is 1. The van der Waals surface area contributed by atoms with Gasteiger partial charge in [-0.05, 0) is 20.8 Å². The van der Waals surface area contributed by atoms with E-state index in [0.29, 0.717) is 0 Å². The normalized spacial score (nSPS) is 16.8. The monoisotopic (exact) mass is 365 g/mol. The van der Waals surface area contributed by atoms with Crippen LogP contribution in [-0.4, -0.2) is 35.2 Å². The van der Waals surface area contributed by atoms with E-state index in [1.807, 2.05) is 0 Å². The van der Waals surface area contributed by atoms with Gasteiger partial charge in [0.2, 0.25) is 0 Å². The molecule has 10 nitrogen and oxygen atoms in total. The molecule has 2 rings (SSSR count). The Bertz CT molecular complexity index is 801. The van der Waals surface area contributed by atoms with E-state index in [-0.39, 0.29) is 28.3 Å². The number of ether oxygens (including phenoxy) is 2. The summed E-state index contributed by atoms with van der Waals surface area (Å²) < 4.78 is 10.2. The van der Waals surface area contributed by atoms with Crippen molar-refractivity contribution in [2.24, 2.45) is 0 Å². The Morgan fingerprint density at radius 3 is 2.58 bits per heavy atom. The number of nitro groups is 1. The molecule has 0 bridgehead atoms. The van der Waals surface area contributed by atoms with Crippen molar-refractivity contribution in [2.45, 2.75) is 32.9 Å². The first-order chi connectivity index (χ1) is 12.1. The number of hydrogen-bond acceptors (Lipinski definition) is 7. The minimum Gasteiger partial charge on any atom is -0.504 e. The van der Waals surface area contributed by atoms with Gasteiger partial charge in [-0.2, -0.15) is 0 Å². The SMILES string of the molecule is COc1cc([N+](=O)[O-])cc(C2NC(=O)NC(C)=C2C(=O)OC(C)C)c1O. The first-order valence-electron chi connectivity index (χ1n) is 7.70. The Labute approximate surface area is 148 Å². The van der Waals surface area contributed by atoms with Crippen molar-refractivity contribution in [1.29, 1.82) is 0 Å². The average Bonchev–Trinajstić information content (AvgIpc) is 2.53. The summed E-state index contributed by atoms with van der Waals surface area (Å²) in [5.74, 6) is -1.30. The van der Waals surface area contributed by atoms with E-state index in [0.717, 1.165) is 12.1 Å². The third-order valence-corrected chi connectivity index (χ3v) is 3.66. The van der Waals surface area contributed by atoms with Gasteiger partial charge in [0.15, 0.2) is 11.5 Å². The van der Waals surface area contributed by atoms with Crippen molar-refractivity contribution in [3.8, 4) is 11.5 Å². The third kappa shape index (κ3) is 3.68.